The van der Waals surface area contributed by atoms with E-state index in [0.29, 0.717) is 40.6 Å². The Morgan fingerprint density at radius 3 is 2.00 bits per heavy atom. The molecular formula is C40H54BrCl2N3O4. The fourth-order valence-corrected chi connectivity index (χ4v) is 7.09. The van der Waals surface area contributed by atoms with Gasteiger partial charge in [-0.1, -0.05) is 112 Å². The maximum Gasteiger partial charge on any atom is 0.338 e. The van der Waals surface area contributed by atoms with E-state index in [-0.39, 0.29) is 11.9 Å². The molecule has 0 aromatic heterocycles. The molecule has 274 valence electrons. The first-order valence-electron chi connectivity index (χ1n) is 18.1. The molecule has 0 aliphatic heterocycles. The zero-order valence-corrected chi connectivity index (χ0v) is 32.8. The second-order valence-corrected chi connectivity index (χ2v) is 14.4. The second-order valence-electron chi connectivity index (χ2n) is 12.8. The Hall–Kier alpha value is -2.78. The molecule has 50 heavy (non-hydrogen) atoms. The number of nitrogens with two attached hydrogens (primary N) is 1. The zero-order valence-electron chi connectivity index (χ0n) is 29.7. The Labute approximate surface area is 317 Å². The maximum absolute atomic E-state index is 12.7. The van der Waals surface area contributed by atoms with Crippen LogP contribution in [0.5, 0.6) is 0 Å². The molecule has 0 saturated heterocycles. The first-order chi connectivity index (χ1) is 24.2. The van der Waals surface area contributed by atoms with Gasteiger partial charge in [-0.05, 0) is 90.1 Å². The molecular weight excluding hydrogens is 737 g/mol. The average Bonchev–Trinajstić information content (AvgIpc) is 3.11. The number of esters is 2. The van der Waals surface area contributed by atoms with E-state index < -0.39 is 0 Å². The van der Waals surface area contributed by atoms with Crippen molar-refractivity contribution in [3.8, 4) is 0 Å². The van der Waals surface area contributed by atoms with Gasteiger partial charge in [-0.2, -0.15) is 0 Å². The number of para-hydroxylation sites is 2. The second kappa shape index (κ2) is 23.6. The number of rotatable bonds is 18. The van der Waals surface area contributed by atoms with Crippen LogP contribution in [0.25, 0.3) is 0 Å². The van der Waals surface area contributed by atoms with Crippen LogP contribution in [0.2, 0.25) is 10.0 Å². The predicted octanol–water partition coefficient (Wildman–Crippen LogP) is 11.8. The van der Waals surface area contributed by atoms with Crippen LogP contribution < -0.4 is 11.1 Å². The zero-order chi connectivity index (χ0) is 36.1. The van der Waals surface area contributed by atoms with Crippen molar-refractivity contribution < 1.29 is 19.1 Å². The monoisotopic (exact) mass is 789 g/mol. The van der Waals surface area contributed by atoms with Gasteiger partial charge in [0.25, 0.3) is 0 Å². The van der Waals surface area contributed by atoms with Gasteiger partial charge in [0, 0.05) is 29.7 Å². The van der Waals surface area contributed by atoms with E-state index in [2.05, 4.69) is 33.1 Å². The van der Waals surface area contributed by atoms with Crippen LogP contribution in [-0.2, 0) is 20.8 Å². The number of carbonyl (C=O) groups is 2. The number of unbranched alkanes of at least 4 members (excludes halogenated alkanes) is 7. The number of anilines is 3. The van der Waals surface area contributed by atoms with Gasteiger partial charge in [-0.15, -0.1) is 0 Å². The van der Waals surface area contributed by atoms with Crippen molar-refractivity contribution in [3.05, 3.63) is 86.3 Å². The Morgan fingerprint density at radius 1 is 0.840 bits per heavy atom. The summed E-state index contributed by atoms with van der Waals surface area (Å²) >= 11 is 15.6. The molecule has 7 nitrogen and oxygen atoms in total. The van der Waals surface area contributed by atoms with Crippen LogP contribution in [0, 0.1) is 0 Å². The summed E-state index contributed by atoms with van der Waals surface area (Å²) < 4.78 is 11.3. The van der Waals surface area contributed by atoms with Crippen molar-refractivity contribution in [1.29, 1.82) is 0 Å². The molecule has 4 rings (SSSR count). The molecule has 1 fully saturated rings. The third-order valence-electron chi connectivity index (χ3n) is 8.90. The van der Waals surface area contributed by atoms with E-state index in [1.165, 1.54) is 58.3 Å². The number of ether oxygens (including phenoxy) is 2. The quantitative estimate of drug-likeness (QED) is 0.0753. The van der Waals surface area contributed by atoms with Crippen molar-refractivity contribution in [2.24, 2.45) is 0 Å². The van der Waals surface area contributed by atoms with Gasteiger partial charge in [0.1, 0.15) is 0 Å². The number of benzene rings is 3. The van der Waals surface area contributed by atoms with E-state index in [1.54, 1.807) is 18.2 Å². The minimum Gasteiger partial charge on any atom is -0.466 e. The number of nitrogen functional groups attached to an aromatic ring is 1. The van der Waals surface area contributed by atoms with Crippen LogP contribution in [0.1, 0.15) is 113 Å². The highest BCUT2D eigenvalue weighted by atomic mass is 79.9. The molecule has 0 spiro atoms. The molecule has 10 heteroatoms. The number of hydrogen-bond acceptors (Lipinski definition) is 7. The van der Waals surface area contributed by atoms with Crippen LogP contribution in [0.15, 0.2) is 65.1 Å². The van der Waals surface area contributed by atoms with E-state index >= 15 is 0 Å². The molecule has 1 aliphatic carbocycles. The Bertz CT molecular complexity index is 1430. The third kappa shape index (κ3) is 15.2. The van der Waals surface area contributed by atoms with Crippen LogP contribution in [0.3, 0.4) is 0 Å². The lowest BCUT2D eigenvalue weighted by atomic mass is 9.93. The van der Waals surface area contributed by atoms with Gasteiger partial charge in [-0.3, -0.25) is 9.69 Å². The fraction of sp³-hybridized carbons (Fsp3) is 0.500. The predicted molar refractivity (Wildman–Crippen MR) is 212 cm³/mol. The Kier molecular flexibility index (Phi) is 19.7. The molecule has 3 aromatic carbocycles. The van der Waals surface area contributed by atoms with E-state index in [9.17, 15) is 9.59 Å². The highest BCUT2D eigenvalue weighted by Crippen LogP contribution is 2.33. The number of halogens is 3. The summed E-state index contributed by atoms with van der Waals surface area (Å²) in [6, 6.07) is 19.5. The first kappa shape index (κ1) is 41.6. The summed E-state index contributed by atoms with van der Waals surface area (Å²) in [6.45, 7) is 6.36. The lowest BCUT2D eigenvalue weighted by Gasteiger charge is -2.34. The van der Waals surface area contributed by atoms with Gasteiger partial charge in [0.05, 0.1) is 40.2 Å². The summed E-state index contributed by atoms with van der Waals surface area (Å²) in [4.78, 5) is 25.9. The number of nitrogens with zero attached hydrogens (tertiary/aromatic N) is 1. The van der Waals surface area contributed by atoms with E-state index in [4.69, 9.17) is 38.4 Å². The van der Waals surface area contributed by atoms with Crippen molar-refractivity contribution >= 4 is 68.1 Å². The molecule has 0 radical (unpaired) electrons. The molecule has 0 heterocycles. The van der Waals surface area contributed by atoms with Crippen LogP contribution >= 0.6 is 39.1 Å². The fourth-order valence-electron chi connectivity index (χ4n) is 6.10. The number of hydrogen-bond donors (Lipinski definition) is 2. The molecule has 3 N–H and O–H groups in total. The molecule has 1 aliphatic rings. The van der Waals surface area contributed by atoms with Crippen molar-refractivity contribution in [2.45, 2.75) is 110 Å². The van der Waals surface area contributed by atoms with Crippen molar-refractivity contribution in [3.63, 3.8) is 0 Å². The number of nitrogens with one attached hydrogen (secondary N) is 1. The third-order valence-corrected chi connectivity index (χ3v) is 10.2. The molecule has 0 atom stereocenters. The Balaban J connectivity index is 0.000000371. The van der Waals surface area contributed by atoms with Crippen LogP contribution in [-0.4, -0.2) is 42.6 Å². The van der Waals surface area contributed by atoms with Gasteiger partial charge in [0.2, 0.25) is 0 Å². The van der Waals surface area contributed by atoms with Gasteiger partial charge in [-0.25, -0.2) is 4.79 Å². The summed E-state index contributed by atoms with van der Waals surface area (Å²) in [5.74, 6) is -0.478. The topological polar surface area (TPSA) is 93.9 Å². The molecule has 1 saturated carbocycles. The molecule has 0 bridgehead atoms. The summed E-state index contributed by atoms with van der Waals surface area (Å²) in [5.41, 5.74) is 10.3. The summed E-state index contributed by atoms with van der Waals surface area (Å²) in [7, 11) is 0. The van der Waals surface area contributed by atoms with E-state index in [0.717, 1.165) is 66.6 Å². The molecule has 0 amide bonds. The Morgan fingerprint density at radius 2 is 1.42 bits per heavy atom. The average molecular weight is 792 g/mol. The lowest BCUT2D eigenvalue weighted by molar-refractivity contribution is -0.141. The minimum absolute atomic E-state index is 0.201. The molecule has 0 unspecified atom stereocenters. The standard InChI is InChI=1S/C28H45BrN2O4.C12H9Cl2N/c1-3-31(25-15-11-10-12-16-25)21-24-19-23(20-26(29)27(24)30)28(33)35-18-14-9-7-5-4-6-8-13-17-34-22(2)32;13-10-7-4-8-11(14)12(10)15-9-5-2-1-3-6-9/h19-20,25H,3-18,21,30H2,1-2H3;1-8,15H. The highest BCUT2D eigenvalue weighted by molar-refractivity contribution is 9.10. The van der Waals surface area contributed by atoms with Crippen molar-refractivity contribution in [1.82, 2.24) is 4.90 Å². The van der Waals surface area contributed by atoms with Crippen molar-refractivity contribution in [2.75, 3.05) is 30.8 Å². The van der Waals surface area contributed by atoms with Gasteiger partial charge >= 0.3 is 11.9 Å². The minimum atomic E-state index is -0.277. The molecule has 3 aromatic rings. The van der Waals surface area contributed by atoms with Gasteiger partial charge in [0.15, 0.2) is 0 Å². The maximum atomic E-state index is 12.7. The summed E-state index contributed by atoms with van der Waals surface area (Å²) in [6.07, 6.45) is 15.1. The van der Waals surface area contributed by atoms with Gasteiger partial charge < -0.3 is 20.5 Å². The SMILES string of the molecule is CCN(Cc1cc(C(=O)OCCCCCCCCCCOC(C)=O)cc(Br)c1N)C1CCCCC1.Clc1cccc(Cl)c1Nc1ccccc1. The summed E-state index contributed by atoms with van der Waals surface area (Å²) in [5, 5.41) is 4.41. The lowest BCUT2D eigenvalue weighted by Crippen LogP contribution is -2.36. The smallest absolute Gasteiger partial charge is 0.338 e. The number of carbonyl (C=O) groups excluding carboxylic acids is 2. The largest absolute Gasteiger partial charge is 0.466 e. The first-order valence-corrected chi connectivity index (χ1v) is 19.6. The normalized spacial score (nSPS) is 13.0. The van der Waals surface area contributed by atoms with E-state index in [1.807, 2.05) is 42.5 Å². The highest BCUT2D eigenvalue weighted by Gasteiger charge is 2.22. The van der Waals surface area contributed by atoms with Crippen LogP contribution in [0.4, 0.5) is 17.1 Å².